The Bertz CT molecular complexity index is 1190. The number of nitrogens with one attached hydrogen (secondary N) is 1. The number of nitrogens with two attached hydrogens (primary N) is 1. The zero-order valence-corrected chi connectivity index (χ0v) is 43.3. The molecule has 0 saturated carbocycles. The number of nitrogens with zero attached hydrogens (tertiary/aromatic N) is 1. The first-order chi connectivity index (χ1) is 31.1. The van der Waals surface area contributed by atoms with Gasteiger partial charge in [-0.1, -0.05) is 181 Å². The first-order valence-electron chi connectivity index (χ1n) is 26.6. The summed E-state index contributed by atoms with van der Waals surface area (Å²) >= 11 is 0. The number of imide groups is 1. The van der Waals surface area contributed by atoms with Gasteiger partial charge in [0, 0.05) is 6.42 Å². The van der Waals surface area contributed by atoms with Crippen molar-refractivity contribution >= 4 is 30.0 Å². The Hall–Kier alpha value is -2.89. The van der Waals surface area contributed by atoms with Crippen LogP contribution in [-0.2, 0) is 33.3 Å². The Balaban J connectivity index is 5.42. The van der Waals surface area contributed by atoms with Gasteiger partial charge in [-0.15, -0.1) is 0 Å². The molecule has 0 spiro atoms. The number of ether oxygens (including phenoxy) is 4. The topological polar surface area (TPSA) is 164 Å². The molecule has 0 unspecified atom stereocenters. The third-order valence-corrected chi connectivity index (χ3v) is 11.5. The summed E-state index contributed by atoms with van der Waals surface area (Å²) in [7, 11) is 0. The van der Waals surface area contributed by atoms with E-state index in [4.69, 9.17) is 24.7 Å². The monoisotopic (exact) mass is 924 g/mol. The van der Waals surface area contributed by atoms with Gasteiger partial charge in [0.2, 0.25) is 5.91 Å². The number of unbranched alkanes of at least 4 members (excludes halogenated alkanes) is 27. The van der Waals surface area contributed by atoms with Crippen molar-refractivity contribution in [3.8, 4) is 0 Å². The second-order valence-electron chi connectivity index (χ2n) is 20.3. The molecule has 0 aliphatic heterocycles. The van der Waals surface area contributed by atoms with Crippen molar-refractivity contribution in [3.05, 3.63) is 0 Å². The molecular weight excluding hydrogens is 823 g/mol. The Kier molecular flexibility index (Phi) is 38.4. The molecule has 3 amide bonds. The van der Waals surface area contributed by atoms with Gasteiger partial charge in [-0.25, -0.2) is 14.4 Å². The van der Waals surface area contributed by atoms with E-state index >= 15 is 0 Å². The van der Waals surface area contributed by atoms with Crippen molar-refractivity contribution in [1.29, 1.82) is 0 Å². The molecule has 2 atom stereocenters. The number of amides is 3. The summed E-state index contributed by atoms with van der Waals surface area (Å²) in [4.78, 5) is 68.6. The molecule has 12 heteroatoms. The molecular formula is C53H101N3O9. The molecule has 0 aromatic heterocycles. The van der Waals surface area contributed by atoms with Crippen LogP contribution in [0, 0.1) is 0 Å². The summed E-state index contributed by atoms with van der Waals surface area (Å²) in [6.45, 7) is 15.2. The molecule has 65 heavy (non-hydrogen) atoms. The summed E-state index contributed by atoms with van der Waals surface area (Å²) in [6, 6.07) is -2.61. The van der Waals surface area contributed by atoms with Gasteiger partial charge >= 0.3 is 24.1 Å². The van der Waals surface area contributed by atoms with Crippen LogP contribution in [0.4, 0.5) is 9.59 Å². The zero-order chi connectivity index (χ0) is 48.6. The summed E-state index contributed by atoms with van der Waals surface area (Å²) in [5, 5.41) is 2.73. The third kappa shape index (κ3) is 37.8. The molecule has 0 saturated heterocycles. The number of carbonyl (C=O) groups excluding carboxylic acids is 5. The summed E-state index contributed by atoms with van der Waals surface area (Å²) in [5.41, 5.74) is 3.80. The lowest BCUT2D eigenvalue weighted by Crippen LogP contribution is -2.57. The normalized spacial score (nSPS) is 12.6. The maximum Gasteiger partial charge on any atom is 0.420 e. The SMILES string of the molecule is CCCCCCCCCCCCCCCCOC(=O)CC[C@H](NC(=O)[C@H](CCCCN)N(C(=O)OC(C)(C)C)C(=O)OC(C)(C)C)C(=O)OCCCCCCCCCCCCCCCC. The molecule has 0 aliphatic rings. The van der Waals surface area contributed by atoms with E-state index in [9.17, 15) is 24.0 Å². The minimum absolute atomic E-state index is 0.0452. The van der Waals surface area contributed by atoms with Crippen molar-refractivity contribution in [3.63, 3.8) is 0 Å². The number of rotatable bonds is 41. The lowest BCUT2D eigenvalue weighted by Gasteiger charge is -2.33. The summed E-state index contributed by atoms with van der Waals surface area (Å²) < 4.78 is 22.4. The molecule has 12 nitrogen and oxygen atoms in total. The third-order valence-electron chi connectivity index (χ3n) is 11.5. The fourth-order valence-corrected chi connectivity index (χ4v) is 7.71. The van der Waals surface area contributed by atoms with Crippen LogP contribution in [-0.4, -0.2) is 78.0 Å². The molecule has 0 fully saturated rings. The van der Waals surface area contributed by atoms with Crippen molar-refractivity contribution in [2.45, 2.75) is 291 Å². The smallest absolute Gasteiger partial charge is 0.420 e. The van der Waals surface area contributed by atoms with Crippen molar-refractivity contribution in [1.82, 2.24) is 10.2 Å². The Morgan fingerprint density at radius 1 is 0.477 bits per heavy atom. The van der Waals surface area contributed by atoms with E-state index in [1.165, 1.54) is 135 Å². The molecule has 0 bridgehead atoms. The van der Waals surface area contributed by atoms with Gasteiger partial charge in [0.1, 0.15) is 23.3 Å². The lowest BCUT2D eigenvalue weighted by molar-refractivity contribution is -0.150. The predicted molar refractivity (Wildman–Crippen MR) is 265 cm³/mol. The number of hydrogen-bond donors (Lipinski definition) is 2. The Morgan fingerprint density at radius 2 is 0.831 bits per heavy atom. The maximum atomic E-state index is 14.2. The van der Waals surface area contributed by atoms with Crippen LogP contribution in [0.25, 0.3) is 0 Å². The van der Waals surface area contributed by atoms with E-state index in [-0.39, 0.29) is 25.9 Å². The standard InChI is InChI=1S/C53H101N3O9/c1-9-11-13-15-17-19-21-23-25-27-29-31-33-37-43-62-47(57)41-40-45(49(59)63-44-38-34-32-30-28-26-24-22-20-18-16-14-12-10-2)55-48(58)46(39-35-36-42-54)56(50(60)64-52(3,4)5)51(61)65-53(6,7)8/h45-46H,9-44,54H2,1-8H3,(H,55,58)/t45-,46-/m0/s1. The molecule has 3 N–H and O–H groups in total. The van der Waals surface area contributed by atoms with Crippen molar-refractivity contribution in [2.24, 2.45) is 5.73 Å². The van der Waals surface area contributed by atoms with E-state index in [0.29, 0.717) is 37.3 Å². The Morgan fingerprint density at radius 3 is 1.18 bits per heavy atom. The van der Waals surface area contributed by atoms with Gasteiger partial charge in [-0.05, 0) is 86.6 Å². The number of carbonyl (C=O) groups is 5. The quantitative estimate of drug-likeness (QED) is 0.0343. The summed E-state index contributed by atoms with van der Waals surface area (Å²) in [5.74, 6) is -1.93. The van der Waals surface area contributed by atoms with Crippen LogP contribution < -0.4 is 11.1 Å². The van der Waals surface area contributed by atoms with E-state index in [1.54, 1.807) is 41.5 Å². The van der Waals surface area contributed by atoms with Crippen LogP contribution in [0.1, 0.15) is 267 Å². The van der Waals surface area contributed by atoms with Gasteiger partial charge in [-0.2, -0.15) is 4.90 Å². The molecule has 0 radical (unpaired) electrons. The highest BCUT2D eigenvalue weighted by molar-refractivity contribution is 5.97. The first-order valence-corrected chi connectivity index (χ1v) is 26.6. The average molecular weight is 924 g/mol. The summed E-state index contributed by atoms with van der Waals surface area (Å²) in [6.07, 6.45) is 32.8. The highest BCUT2D eigenvalue weighted by Crippen LogP contribution is 2.21. The lowest BCUT2D eigenvalue weighted by atomic mass is 10.0. The second-order valence-corrected chi connectivity index (χ2v) is 20.3. The molecule has 0 aromatic carbocycles. The zero-order valence-electron chi connectivity index (χ0n) is 43.3. The van der Waals surface area contributed by atoms with Crippen LogP contribution in [0.3, 0.4) is 0 Å². The maximum absolute atomic E-state index is 14.2. The average Bonchev–Trinajstić information content (AvgIpc) is 3.23. The predicted octanol–water partition coefficient (Wildman–Crippen LogP) is 14.0. The van der Waals surface area contributed by atoms with Crippen LogP contribution >= 0.6 is 0 Å². The van der Waals surface area contributed by atoms with Crippen LogP contribution in [0.2, 0.25) is 0 Å². The van der Waals surface area contributed by atoms with E-state index in [1.807, 2.05) is 0 Å². The molecule has 0 rings (SSSR count). The van der Waals surface area contributed by atoms with Crippen LogP contribution in [0.15, 0.2) is 0 Å². The first kappa shape index (κ1) is 62.1. The van der Waals surface area contributed by atoms with E-state index in [0.717, 1.165) is 38.5 Å². The van der Waals surface area contributed by atoms with Gasteiger partial charge in [0.15, 0.2) is 0 Å². The molecule has 0 heterocycles. The van der Waals surface area contributed by atoms with E-state index in [2.05, 4.69) is 19.2 Å². The molecule has 0 aliphatic carbocycles. The highest BCUT2D eigenvalue weighted by Gasteiger charge is 2.41. The second kappa shape index (κ2) is 40.2. The van der Waals surface area contributed by atoms with Gasteiger partial charge < -0.3 is 30.0 Å². The largest absolute Gasteiger partial charge is 0.466 e. The van der Waals surface area contributed by atoms with Gasteiger partial charge in [0.25, 0.3) is 0 Å². The number of esters is 2. The van der Waals surface area contributed by atoms with Crippen molar-refractivity contribution < 1.29 is 42.9 Å². The van der Waals surface area contributed by atoms with Crippen molar-refractivity contribution in [2.75, 3.05) is 19.8 Å². The fourth-order valence-electron chi connectivity index (χ4n) is 7.71. The minimum Gasteiger partial charge on any atom is -0.466 e. The highest BCUT2D eigenvalue weighted by atomic mass is 16.6. The van der Waals surface area contributed by atoms with Crippen LogP contribution in [0.5, 0.6) is 0 Å². The molecule has 0 aromatic rings. The minimum atomic E-state index is -1.39. The van der Waals surface area contributed by atoms with Gasteiger partial charge in [0.05, 0.1) is 13.2 Å². The fraction of sp³-hybridized carbons (Fsp3) is 0.906. The molecule has 382 valence electrons. The Labute approximate surface area is 398 Å². The van der Waals surface area contributed by atoms with Gasteiger partial charge in [-0.3, -0.25) is 9.59 Å². The number of hydrogen-bond acceptors (Lipinski definition) is 10. The van der Waals surface area contributed by atoms with E-state index < -0.39 is 53.3 Å².